The van der Waals surface area contributed by atoms with Gasteiger partial charge in [-0.25, -0.2) is 14.5 Å². The van der Waals surface area contributed by atoms with Gasteiger partial charge in [0.05, 0.1) is 16.2 Å². The second kappa shape index (κ2) is 6.29. The van der Waals surface area contributed by atoms with Crippen molar-refractivity contribution in [3.05, 3.63) is 51.7 Å². The minimum atomic E-state index is -0.486. The largest absolute Gasteiger partial charge is 0.422 e. The molecule has 3 aromatic rings. The zero-order chi connectivity index (χ0) is 16.6. The Labute approximate surface area is 146 Å². The quantitative estimate of drug-likeness (QED) is 0.479. The average Bonchev–Trinajstić information content (AvgIpc) is 2.93. The van der Waals surface area contributed by atoms with E-state index in [1.54, 1.807) is 35.1 Å². The van der Waals surface area contributed by atoms with E-state index < -0.39 is 5.97 Å². The molecule has 0 unspecified atom stereocenters. The average molecular weight is 395 g/mol. The number of halogens is 2. The molecular formula is C16H13BrClN3O2. The molecule has 7 heteroatoms. The minimum Gasteiger partial charge on any atom is -0.422 e. The van der Waals surface area contributed by atoms with Crippen molar-refractivity contribution in [2.75, 3.05) is 0 Å². The van der Waals surface area contributed by atoms with Crippen LogP contribution in [0.1, 0.15) is 30.2 Å². The predicted molar refractivity (Wildman–Crippen MR) is 92.0 cm³/mol. The van der Waals surface area contributed by atoms with E-state index in [0.29, 0.717) is 20.8 Å². The van der Waals surface area contributed by atoms with E-state index in [-0.39, 0.29) is 6.04 Å². The van der Waals surface area contributed by atoms with E-state index in [1.807, 2.05) is 13.8 Å². The Morgan fingerprint density at radius 2 is 2.09 bits per heavy atom. The van der Waals surface area contributed by atoms with E-state index in [0.717, 1.165) is 11.0 Å². The third kappa shape index (κ3) is 3.23. The highest BCUT2D eigenvalue weighted by Gasteiger charge is 2.14. The zero-order valence-corrected chi connectivity index (χ0v) is 14.8. The fourth-order valence-corrected chi connectivity index (χ4v) is 2.91. The molecule has 2 aromatic heterocycles. The maximum Gasteiger partial charge on any atom is 0.345 e. The van der Waals surface area contributed by atoms with Crippen molar-refractivity contribution in [2.45, 2.75) is 19.9 Å². The molecule has 0 spiro atoms. The van der Waals surface area contributed by atoms with Crippen LogP contribution >= 0.6 is 27.5 Å². The first-order valence-corrected chi connectivity index (χ1v) is 8.13. The third-order valence-electron chi connectivity index (χ3n) is 3.25. The molecule has 23 heavy (non-hydrogen) atoms. The monoisotopic (exact) mass is 393 g/mol. The summed E-state index contributed by atoms with van der Waals surface area (Å²) in [6, 6.07) is 6.87. The van der Waals surface area contributed by atoms with Gasteiger partial charge in [-0.1, -0.05) is 11.6 Å². The summed E-state index contributed by atoms with van der Waals surface area (Å²) in [5.74, 6) is -0.0860. The number of ether oxygens (including phenoxy) is 1. The highest BCUT2D eigenvalue weighted by Crippen LogP contribution is 2.28. The van der Waals surface area contributed by atoms with E-state index in [2.05, 4.69) is 26.0 Å². The van der Waals surface area contributed by atoms with Gasteiger partial charge in [-0.2, -0.15) is 5.10 Å². The lowest BCUT2D eigenvalue weighted by Gasteiger charge is -2.08. The van der Waals surface area contributed by atoms with Gasteiger partial charge in [-0.3, -0.25) is 0 Å². The van der Waals surface area contributed by atoms with Crippen LogP contribution in [0.25, 0.3) is 11.0 Å². The van der Waals surface area contributed by atoms with Crippen LogP contribution in [-0.2, 0) is 0 Å². The molecule has 5 nitrogen and oxygen atoms in total. The van der Waals surface area contributed by atoms with Crippen LogP contribution in [0.2, 0.25) is 5.02 Å². The molecule has 0 amide bonds. The molecule has 0 aliphatic rings. The Hall–Kier alpha value is -1.92. The summed E-state index contributed by atoms with van der Waals surface area (Å²) in [5.41, 5.74) is 1.10. The van der Waals surface area contributed by atoms with Crippen molar-refractivity contribution in [2.24, 2.45) is 0 Å². The van der Waals surface area contributed by atoms with Gasteiger partial charge in [-0.05, 0) is 54.0 Å². The van der Waals surface area contributed by atoms with Crippen LogP contribution < -0.4 is 4.74 Å². The summed E-state index contributed by atoms with van der Waals surface area (Å²) < 4.78 is 7.79. The summed E-state index contributed by atoms with van der Waals surface area (Å²) >= 11 is 9.19. The molecule has 0 saturated heterocycles. The van der Waals surface area contributed by atoms with Crippen LogP contribution in [0.5, 0.6) is 5.75 Å². The predicted octanol–water partition coefficient (Wildman–Crippen LogP) is 4.65. The number of rotatable bonds is 3. The number of aromatic nitrogens is 3. The van der Waals surface area contributed by atoms with E-state index >= 15 is 0 Å². The van der Waals surface area contributed by atoms with Crippen molar-refractivity contribution >= 4 is 44.5 Å². The smallest absolute Gasteiger partial charge is 0.345 e. The molecule has 118 valence electrons. The fourth-order valence-electron chi connectivity index (χ4n) is 2.15. The van der Waals surface area contributed by atoms with Crippen LogP contribution in [0.4, 0.5) is 0 Å². The van der Waals surface area contributed by atoms with Crippen molar-refractivity contribution < 1.29 is 9.53 Å². The molecule has 0 atom stereocenters. The number of fused-ring (bicyclic) bond motifs is 1. The third-order valence-corrected chi connectivity index (χ3v) is 4.11. The molecule has 1 aromatic carbocycles. The van der Waals surface area contributed by atoms with Gasteiger partial charge in [0.15, 0.2) is 5.65 Å². The summed E-state index contributed by atoms with van der Waals surface area (Å²) in [5, 5.41) is 5.63. The second-order valence-electron chi connectivity index (χ2n) is 5.28. The highest BCUT2D eigenvalue weighted by molar-refractivity contribution is 9.10. The van der Waals surface area contributed by atoms with Gasteiger partial charge in [0.25, 0.3) is 0 Å². The summed E-state index contributed by atoms with van der Waals surface area (Å²) in [6.07, 6.45) is 3.19. The number of carbonyl (C=O) groups is 1. The van der Waals surface area contributed by atoms with E-state index in [1.165, 1.54) is 6.20 Å². The molecule has 0 radical (unpaired) electrons. The minimum absolute atomic E-state index is 0.197. The normalized spacial score (nSPS) is 11.2. The second-order valence-corrected chi connectivity index (χ2v) is 6.57. The lowest BCUT2D eigenvalue weighted by Crippen LogP contribution is -2.10. The van der Waals surface area contributed by atoms with Gasteiger partial charge in [0.2, 0.25) is 0 Å². The van der Waals surface area contributed by atoms with Crippen LogP contribution in [0.3, 0.4) is 0 Å². The SMILES string of the molecule is CC(C)n1ncc2cc(C(=O)Oc3ccc(Cl)cc3Br)cnc21. The number of pyridine rings is 1. The Morgan fingerprint density at radius 1 is 1.30 bits per heavy atom. The Kier molecular flexibility index (Phi) is 4.37. The Bertz CT molecular complexity index is 892. The number of hydrogen-bond acceptors (Lipinski definition) is 4. The van der Waals surface area contributed by atoms with Gasteiger partial charge in [0.1, 0.15) is 5.75 Å². The van der Waals surface area contributed by atoms with Gasteiger partial charge in [-0.15, -0.1) is 0 Å². The lowest BCUT2D eigenvalue weighted by atomic mass is 10.2. The van der Waals surface area contributed by atoms with Crippen molar-refractivity contribution in [3.8, 4) is 5.75 Å². The maximum atomic E-state index is 12.3. The van der Waals surface area contributed by atoms with Crippen molar-refractivity contribution in [3.63, 3.8) is 0 Å². The fraction of sp³-hybridized carbons (Fsp3) is 0.188. The first-order valence-electron chi connectivity index (χ1n) is 6.96. The van der Waals surface area contributed by atoms with Gasteiger partial charge < -0.3 is 4.74 Å². The molecule has 0 N–H and O–H groups in total. The number of nitrogens with zero attached hydrogens (tertiary/aromatic N) is 3. The lowest BCUT2D eigenvalue weighted by molar-refractivity contribution is 0.0733. The van der Waals surface area contributed by atoms with Crippen molar-refractivity contribution in [1.82, 2.24) is 14.8 Å². The zero-order valence-electron chi connectivity index (χ0n) is 12.5. The molecule has 0 saturated carbocycles. The summed E-state index contributed by atoms with van der Waals surface area (Å²) in [7, 11) is 0. The Morgan fingerprint density at radius 3 is 2.78 bits per heavy atom. The first-order chi connectivity index (χ1) is 11.0. The van der Waals surface area contributed by atoms with Crippen LogP contribution in [0.15, 0.2) is 41.1 Å². The molecule has 0 aliphatic carbocycles. The maximum absolute atomic E-state index is 12.3. The van der Waals surface area contributed by atoms with Crippen LogP contribution in [-0.4, -0.2) is 20.7 Å². The topological polar surface area (TPSA) is 57.0 Å². The highest BCUT2D eigenvalue weighted by atomic mass is 79.9. The Balaban J connectivity index is 1.89. The molecule has 0 aliphatic heterocycles. The number of benzene rings is 1. The molecule has 2 heterocycles. The molecule has 0 bridgehead atoms. The summed E-state index contributed by atoms with van der Waals surface area (Å²) in [4.78, 5) is 16.6. The summed E-state index contributed by atoms with van der Waals surface area (Å²) in [6.45, 7) is 4.04. The van der Waals surface area contributed by atoms with Gasteiger partial charge >= 0.3 is 5.97 Å². The molecular weight excluding hydrogens is 382 g/mol. The number of carbonyl (C=O) groups excluding carboxylic acids is 1. The molecule has 0 fully saturated rings. The standard InChI is InChI=1S/C16H13BrClN3O2/c1-9(2)21-15-10(8-20-21)5-11(7-19-15)16(22)23-14-4-3-12(18)6-13(14)17/h3-9H,1-2H3. The first kappa shape index (κ1) is 16.0. The molecule has 3 rings (SSSR count). The number of hydrogen-bond donors (Lipinski definition) is 0. The van der Waals surface area contributed by atoms with Crippen LogP contribution in [0, 0.1) is 0 Å². The van der Waals surface area contributed by atoms with Crippen molar-refractivity contribution in [1.29, 1.82) is 0 Å². The van der Waals surface area contributed by atoms with E-state index in [4.69, 9.17) is 16.3 Å². The van der Waals surface area contributed by atoms with E-state index in [9.17, 15) is 4.79 Å². The van der Waals surface area contributed by atoms with Gasteiger partial charge in [0, 0.05) is 22.6 Å². The number of esters is 1.